The van der Waals surface area contributed by atoms with Gasteiger partial charge in [-0.2, -0.15) is 0 Å². The molecule has 0 aromatic carbocycles. The minimum absolute atomic E-state index is 0.116. The van der Waals surface area contributed by atoms with Crippen LogP contribution in [0.5, 0.6) is 0 Å². The van der Waals surface area contributed by atoms with E-state index in [1.54, 1.807) is 0 Å². The third-order valence-corrected chi connectivity index (χ3v) is 11.4. The van der Waals surface area contributed by atoms with Crippen molar-refractivity contribution < 1.29 is 23.3 Å². The molecule has 0 heterocycles. The van der Waals surface area contributed by atoms with Crippen molar-refractivity contribution in [3.05, 3.63) is 0 Å². The van der Waals surface area contributed by atoms with Crippen LogP contribution >= 0.6 is 7.82 Å². The topological polar surface area (TPSA) is 76.0 Å². The molecule has 27 heavy (non-hydrogen) atoms. The Balaban J connectivity index is 6.01. The first kappa shape index (κ1) is 27.3. The molecule has 0 aromatic heterocycles. The summed E-state index contributed by atoms with van der Waals surface area (Å²) in [5, 5.41) is 0.116. The predicted octanol–water partition coefficient (Wildman–Crippen LogP) is 6.36. The first-order valence-electron chi connectivity index (χ1n) is 9.82. The number of rotatable bonds is 7. The maximum atomic E-state index is 12.0. The smallest absolute Gasteiger partial charge is 0.417 e. The van der Waals surface area contributed by atoms with E-state index in [2.05, 4.69) is 33.9 Å². The van der Waals surface area contributed by atoms with Crippen molar-refractivity contribution >= 4 is 16.1 Å². The molecule has 0 aliphatic heterocycles. The second-order valence-corrected chi connectivity index (χ2v) is 18.0. The van der Waals surface area contributed by atoms with Crippen LogP contribution in [0.4, 0.5) is 0 Å². The van der Waals surface area contributed by atoms with Crippen LogP contribution in [-0.4, -0.2) is 30.3 Å². The molecule has 0 unspecified atom stereocenters. The zero-order valence-corrected chi connectivity index (χ0v) is 21.9. The molecule has 0 rings (SSSR count). The molecule has 0 radical (unpaired) electrons. The molecule has 164 valence electrons. The average Bonchev–Trinajstić information content (AvgIpc) is 2.29. The van der Waals surface area contributed by atoms with Crippen LogP contribution in [0.25, 0.3) is 0 Å². The van der Waals surface area contributed by atoms with Crippen LogP contribution in [0.2, 0.25) is 18.1 Å². The first-order chi connectivity index (χ1) is 11.4. The molecule has 2 N–H and O–H groups in total. The molecule has 0 atom stereocenters. The summed E-state index contributed by atoms with van der Waals surface area (Å²) in [6.45, 7) is 27.6. The van der Waals surface area contributed by atoms with E-state index in [1.165, 1.54) is 0 Å². The number of hydrogen-bond acceptors (Lipinski definition) is 3. The van der Waals surface area contributed by atoms with Gasteiger partial charge in [-0.15, -0.1) is 0 Å². The Kier molecular flexibility index (Phi) is 7.93. The largest absolute Gasteiger partial charge is 0.470 e. The molecule has 0 fully saturated rings. The Morgan fingerprint density at radius 1 is 0.815 bits per heavy atom. The van der Waals surface area contributed by atoms with Crippen molar-refractivity contribution in [3.63, 3.8) is 0 Å². The Morgan fingerprint density at radius 3 is 1.44 bits per heavy atom. The van der Waals surface area contributed by atoms with Gasteiger partial charge >= 0.3 is 7.82 Å². The minimum Gasteiger partial charge on any atom is -0.417 e. The van der Waals surface area contributed by atoms with Gasteiger partial charge in [-0.05, 0) is 40.8 Å². The number of phosphoric acid groups is 1. The third-order valence-electron chi connectivity index (χ3n) is 6.32. The van der Waals surface area contributed by atoms with Crippen molar-refractivity contribution in [1.82, 2.24) is 0 Å². The molecular weight excluding hydrogens is 379 g/mol. The molecule has 0 saturated heterocycles. The lowest BCUT2D eigenvalue weighted by Crippen LogP contribution is -2.63. The van der Waals surface area contributed by atoms with Gasteiger partial charge in [0.25, 0.3) is 0 Å². The zero-order chi connectivity index (χ0) is 22.3. The van der Waals surface area contributed by atoms with Crippen LogP contribution in [0.1, 0.15) is 82.6 Å². The molecule has 0 aliphatic rings. The molecule has 0 saturated carbocycles. The van der Waals surface area contributed by atoms with E-state index in [0.29, 0.717) is 13.0 Å². The maximum absolute atomic E-state index is 12.0. The molecule has 0 amide bonds. The number of phosphoric ester groups is 1. The summed E-state index contributed by atoms with van der Waals surface area (Å²) in [5.74, 6) is 0. The van der Waals surface area contributed by atoms with E-state index in [-0.39, 0.29) is 5.04 Å². The average molecular weight is 425 g/mol. The van der Waals surface area contributed by atoms with Crippen LogP contribution in [0.15, 0.2) is 0 Å². The van der Waals surface area contributed by atoms with Gasteiger partial charge in [0, 0.05) is 6.61 Å². The summed E-state index contributed by atoms with van der Waals surface area (Å²) >= 11 is 0. The minimum atomic E-state index is -4.70. The fourth-order valence-electron chi connectivity index (χ4n) is 4.69. The van der Waals surface area contributed by atoms with E-state index in [9.17, 15) is 14.4 Å². The standard InChI is InChI=1S/C20H45O5PSi/c1-16(2,3)20(17(4,5)6,25-26(21,22)23)19(10,11)14-15-24-27(12,13)18(7,8)9/h14-15H2,1-13H3,(H2,21,22,23). The second-order valence-electron chi connectivity index (χ2n) is 12.0. The highest BCUT2D eigenvalue weighted by molar-refractivity contribution is 7.46. The summed E-state index contributed by atoms with van der Waals surface area (Å²) in [6, 6.07) is 0. The van der Waals surface area contributed by atoms with Gasteiger partial charge in [-0.25, -0.2) is 4.57 Å². The van der Waals surface area contributed by atoms with Crippen LogP contribution in [0.3, 0.4) is 0 Å². The quantitative estimate of drug-likeness (QED) is 0.367. The lowest BCUT2D eigenvalue weighted by atomic mass is 9.51. The second kappa shape index (κ2) is 7.85. The molecule has 0 bridgehead atoms. The highest BCUT2D eigenvalue weighted by Crippen LogP contribution is 2.63. The van der Waals surface area contributed by atoms with Gasteiger partial charge in [0.05, 0.1) is 5.60 Å². The SMILES string of the molecule is CC(C)(C)C(OP(=O)(O)O)(C(C)(C)C)C(C)(C)CCO[Si](C)(C)C(C)(C)C. The van der Waals surface area contributed by atoms with E-state index in [4.69, 9.17) is 8.95 Å². The normalized spacial score (nSPS) is 16.0. The zero-order valence-electron chi connectivity index (χ0n) is 20.0. The molecule has 0 aromatic rings. The molecule has 0 aliphatic carbocycles. The highest BCUT2D eigenvalue weighted by Gasteiger charge is 2.63. The van der Waals surface area contributed by atoms with Crippen LogP contribution in [0, 0.1) is 16.2 Å². The molecule has 0 spiro atoms. The predicted molar refractivity (Wildman–Crippen MR) is 116 cm³/mol. The Labute approximate surface area is 169 Å². The van der Waals surface area contributed by atoms with E-state index in [1.807, 2.05) is 55.4 Å². The molecule has 7 heteroatoms. The van der Waals surface area contributed by atoms with E-state index < -0.39 is 38.0 Å². The van der Waals surface area contributed by atoms with Crippen molar-refractivity contribution in [3.8, 4) is 0 Å². The Bertz CT molecular complexity index is 530. The van der Waals surface area contributed by atoms with Gasteiger partial charge < -0.3 is 14.2 Å². The fourth-order valence-corrected chi connectivity index (χ4v) is 6.88. The van der Waals surface area contributed by atoms with Gasteiger partial charge in [-0.1, -0.05) is 76.2 Å². The number of hydrogen-bond donors (Lipinski definition) is 2. The van der Waals surface area contributed by atoms with Crippen molar-refractivity contribution in [2.45, 2.75) is 106 Å². The lowest BCUT2D eigenvalue weighted by Gasteiger charge is -2.60. The van der Waals surface area contributed by atoms with Crippen LogP contribution < -0.4 is 0 Å². The van der Waals surface area contributed by atoms with Gasteiger partial charge in [0.1, 0.15) is 0 Å². The third kappa shape index (κ3) is 6.13. The summed E-state index contributed by atoms with van der Waals surface area (Å²) in [7, 11) is -6.60. The van der Waals surface area contributed by atoms with E-state index >= 15 is 0 Å². The van der Waals surface area contributed by atoms with Crippen molar-refractivity contribution in [2.75, 3.05) is 6.61 Å². The Hall–Kier alpha value is 0.287. The van der Waals surface area contributed by atoms with Crippen LogP contribution in [-0.2, 0) is 13.5 Å². The Morgan fingerprint density at radius 2 is 1.19 bits per heavy atom. The maximum Gasteiger partial charge on any atom is 0.470 e. The summed E-state index contributed by atoms with van der Waals surface area (Å²) < 4.78 is 24.1. The molecule has 5 nitrogen and oxygen atoms in total. The molecular formula is C20H45O5PSi. The lowest BCUT2D eigenvalue weighted by molar-refractivity contribution is -0.202. The van der Waals surface area contributed by atoms with E-state index in [0.717, 1.165) is 0 Å². The van der Waals surface area contributed by atoms with Gasteiger partial charge in [0.15, 0.2) is 8.32 Å². The monoisotopic (exact) mass is 424 g/mol. The fraction of sp³-hybridized carbons (Fsp3) is 1.00. The van der Waals surface area contributed by atoms with Gasteiger partial charge in [-0.3, -0.25) is 4.52 Å². The van der Waals surface area contributed by atoms with Crippen molar-refractivity contribution in [2.24, 2.45) is 16.2 Å². The summed E-state index contributed by atoms with van der Waals surface area (Å²) in [6.07, 6.45) is 0.647. The summed E-state index contributed by atoms with van der Waals surface area (Å²) in [5.41, 5.74) is -2.62. The van der Waals surface area contributed by atoms with Crippen molar-refractivity contribution in [1.29, 1.82) is 0 Å². The van der Waals surface area contributed by atoms with Gasteiger partial charge in [0.2, 0.25) is 0 Å². The highest BCUT2D eigenvalue weighted by atomic mass is 31.2. The first-order valence-corrected chi connectivity index (χ1v) is 14.3. The summed E-state index contributed by atoms with van der Waals surface area (Å²) in [4.78, 5) is 19.5.